The zero-order valence-corrected chi connectivity index (χ0v) is 14.0. The molecule has 0 fully saturated rings. The number of urea groups is 1. The van der Waals surface area contributed by atoms with Crippen molar-refractivity contribution >= 4 is 17.0 Å². The van der Waals surface area contributed by atoms with Crippen molar-refractivity contribution in [1.29, 1.82) is 0 Å². The van der Waals surface area contributed by atoms with Gasteiger partial charge in [0, 0.05) is 30.6 Å². The Morgan fingerprint density at radius 3 is 2.83 bits per heavy atom. The standard InChI is InChI=1S/C18H22N4O2/c1-13(2)22-10-8-15(21-22)12-20-18(23)19-9-7-16-11-14-5-3-4-6-17(14)24-16/h3-6,8,10-11,13H,7,9,12H2,1-2H3,(H2,19,20,23). The van der Waals surface area contributed by atoms with Gasteiger partial charge in [-0.25, -0.2) is 4.79 Å². The quantitative estimate of drug-likeness (QED) is 0.730. The van der Waals surface area contributed by atoms with Crippen LogP contribution in [0.3, 0.4) is 0 Å². The molecule has 6 heteroatoms. The SMILES string of the molecule is CC(C)n1ccc(CNC(=O)NCCc2cc3ccccc3o2)n1. The third kappa shape index (κ3) is 3.95. The third-order valence-electron chi connectivity index (χ3n) is 3.76. The summed E-state index contributed by atoms with van der Waals surface area (Å²) in [7, 11) is 0. The van der Waals surface area contributed by atoms with Crippen molar-refractivity contribution in [3.8, 4) is 0 Å². The summed E-state index contributed by atoms with van der Waals surface area (Å²) in [5, 5.41) is 11.1. The minimum absolute atomic E-state index is 0.204. The number of carbonyl (C=O) groups excluding carboxylic acids is 1. The number of benzene rings is 1. The molecule has 0 aliphatic carbocycles. The van der Waals surface area contributed by atoms with E-state index in [1.54, 1.807) is 0 Å². The summed E-state index contributed by atoms with van der Waals surface area (Å²) < 4.78 is 7.59. The Labute approximate surface area is 140 Å². The number of nitrogens with zero attached hydrogens (tertiary/aromatic N) is 2. The van der Waals surface area contributed by atoms with Crippen molar-refractivity contribution in [2.45, 2.75) is 32.9 Å². The molecule has 0 atom stereocenters. The molecule has 2 amide bonds. The molecular weight excluding hydrogens is 304 g/mol. The number of amides is 2. The summed E-state index contributed by atoms with van der Waals surface area (Å²) >= 11 is 0. The molecule has 1 aromatic carbocycles. The normalized spacial score (nSPS) is 11.1. The summed E-state index contributed by atoms with van der Waals surface area (Å²) in [6.45, 7) is 5.06. The molecular formula is C18H22N4O2. The second-order valence-electron chi connectivity index (χ2n) is 5.99. The topological polar surface area (TPSA) is 72.1 Å². The highest BCUT2D eigenvalue weighted by molar-refractivity contribution is 5.77. The van der Waals surface area contributed by atoms with Crippen molar-refractivity contribution in [2.24, 2.45) is 0 Å². The second kappa shape index (κ2) is 7.21. The first-order valence-corrected chi connectivity index (χ1v) is 8.15. The van der Waals surface area contributed by atoms with Crippen LogP contribution in [0.1, 0.15) is 31.3 Å². The molecule has 2 N–H and O–H groups in total. The molecule has 0 saturated carbocycles. The van der Waals surface area contributed by atoms with E-state index < -0.39 is 0 Å². The van der Waals surface area contributed by atoms with Crippen LogP contribution in [0.4, 0.5) is 4.79 Å². The summed E-state index contributed by atoms with van der Waals surface area (Å²) in [6, 6.07) is 11.9. The van der Waals surface area contributed by atoms with E-state index in [0.29, 0.717) is 25.6 Å². The Kier molecular flexibility index (Phi) is 4.84. The summed E-state index contributed by atoms with van der Waals surface area (Å²) in [5.41, 5.74) is 1.72. The molecule has 0 unspecified atom stereocenters. The van der Waals surface area contributed by atoms with Crippen LogP contribution in [0.15, 0.2) is 47.0 Å². The van der Waals surface area contributed by atoms with Crippen molar-refractivity contribution in [3.63, 3.8) is 0 Å². The smallest absolute Gasteiger partial charge is 0.315 e. The van der Waals surface area contributed by atoms with Crippen LogP contribution >= 0.6 is 0 Å². The van der Waals surface area contributed by atoms with E-state index >= 15 is 0 Å². The van der Waals surface area contributed by atoms with Gasteiger partial charge in [0.1, 0.15) is 11.3 Å². The number of para-hydroxylation sites is 1. The minimum Gasteiger partial charge on any atom is -0.461 e. The lowest BCUT2D eigenvalue weighted by molar-refractivity contribution is 0.240. The van der Waals surface area contributed by atoms with Gasteiger partial charge in [-0.05, 0) is 32.0 Å². The maximum atomic E-state index is 11.8. The molecule has 24 heavy (non-hydrogen) atoms. The number of rotatable bonds is 6. The van der Waals surface area contributed by atoms with Gasteiger partial charge < -0.3 is 15.1 Å². The predicted molar refractivity (Wildman–Crippen MR) is 92.8 cm³/mol. The summed E-state index contributed by atoms with van der Waals surface area (Å²) in [5.74, 6) is 0.868. The monoisotopic (exact) mass is 326 g/mol. The fourth-order valence-corrected chi connectivity index (χ4v) is 2.45. The Morgan fingerprint density at radius 2 is 2.08 bits per heavy atom. The van der Waals surface area contributed by atoms with E-state index in [4.69, 9.17) is 4.42 Å². The predicted octanol–water partition coefficient (Wildman–Crippen LogP) is 3.25. The van der Waals surface area contributed by atoms with E-state index in [-0.39, 0.29) is 6.03 Å². The summed E-state index contributed by atoms with van der Waals surface area (Å²) in [4.78, 5) is 11.8. The van der Waals surface area contributed by atoms with Crippen molar-refractivity contribution in [1.82, 2.24) is 20.4 Å². The number of furan rings is 1. The number of fused-ring (bicyclic) bond motifs is 1. The first-order chi connectivity index (χ1) is 11.6. The molecule has 0 spiro atoms. The molecule has 0 bridgehead atoms. The van der Waals surface area contributed by atoms with Crippen molar-refractivity contribution < 1.29 is 9.21 Å². The third-order valence-corrected chi connectivity index (χ3v) is 3.76. The van der Waals surface area contributed by atoms with Gasteiger partial charge in [0.25, 0.3) is 0 Å². The maximum Gasteiger partial charge on any atom is 0.315 e. The van der Waals surface area contributed by atoms with Crippen LogP contribution in [-0.2, 0) is 13.0 Å². The number of hydrogen-bond donors (Lipinski definition) is 2. The van der Waals surface area contributed by atoms with Crippen molar-refractivity contribution in [2.75, 3.05) is 6.54 Å². The average molecular weight is 326 g/mol. The molecule has 2 aromatic heterocycles. The Balaban J connectivity index is 1.42. The Morgan fingerprint density at radius 1 is 1.25 bits per heavy atom. The van der Waals surface area contributed by atoms with E-state index in [2.05, 4.69) is 29.6 Å². The molecule has 3 aromatic rings. The Bertz CT molecular complexity index is 786. The number of hydrogen-bond acceptors (Lipinski definition) is 3. The lowest BCUT2D eigenvalue weighted by Gasteiger charge is -2.06. The number of nitrogens with one attached hydrogen (secondary N) is 2. The highest BCUT2D eigenvalue weighted by Gasteiger charge is 2.06. The summed E-state index contributed by atoms with van der Waals surface area (Å²) in [6.07, 6.45) is 2.57. The van der Waals surface area contributed by atoms with Crippen LogP contribution < -0.4 is 10.6 Å². The maximum absolute atomic E-state index is 11.8. The fraction of sp³-hybridized carbons (Fsp3) is 0.333. The fourth-order valence-electron chi connectivity index (χ4n) is 2.45. The molecule has 0 aliphatic rings. The zero-order valence-electron chi connectivity index (χ0n) is 14.0. The van der Waals surface area contributed by atoms with Gasteiger partial charge in [-0.2, -0.15) is 5.10 Å². The van der Waals surface area contributed by atoms with Crippen LogP contribution in [0.2, 0.25) is 0 Å². The molecule has 126 valence electrons. The van der Waals surface area contributed by atoms with E-state index in [1.807, 2.05) is 47.3 Å². The molecule has 0 radical (unpaired) electrons. The van der Waals surface area contributed by atoms with Gasteiger partial charge in [0.15, 0.2) is 0 Å². The first-order valence-electron chi connectivity index (χ1n) is 8.15. The van der Waals surface area contributed by atoms with Gasteiger partial charge in [-0.1, -0.05) is 18.2 Å². The van der Waals surface area contributed by atoms with Crippen LogP contribution in [0.25, 0.3) is 11.0 Å². The van der Waals surface area contributed by atoms with Crippen LogP contribution in [0, 0.1) is 0 Å². The number of carbonyl (C=O) groups is 1. The molecule has 3 rings (SSSR count). The van der Waals surface area contributed by atoms with E-state index in [9.17, 15) is 4.79 Å². The molecule has 0 aliphatic heterocycles. The van der Waals surface area contributed by atoms with Gasteiger partial charge in [-0.3, -0.25) is 4.68 Å². The van der Waals surface area contributed by atoms with Gasteiger partial charge in [0.05, 0.1) is 12.2 Å². The Hall–Kier alpha value is -2.76. The highest BCUT2D eigenvalue weighted by atomic mass is 16.3. The number of aromatic nitrogens is 2. The minimum atomic E-state index is -0.204. The van der Waals surface area contributed by atoms with Crippen molar-refractivity contribution in [3.05, 3.63) is 54.0 Å². The van der Waals surface area contributed by atoms with Crippen LogP contribution in [-0.4, -0.2) is 22.4 Å². The van der Waals surface area contributed by atoms with E-state index in [0.717, 1.165) is 22.4 Å². The van der Waals surface area contributed by atoms with Gasteiger partial charge in [0.2, 0.25) is 0 Å². The largest absolute Gasteiger partial charge is 0.461 e. The zero-order chi connectivity index (χ0) is 16.9. The lowest BCUT2D eigenvalue weighted by Crippen LogP contribution is -2.36. The first kappa shape index (κ1) is 16.1. The van der Waals surface area contributed by atoms with Gasteiger partial charge >= 0.3 is 6.03 Å². The molecule has 2 heterocycles. The average Bonchev–Trinajstić information content (AvgIpc) is 3.19. The van der Waals surface area contributed by atoms with E-state index in [1.165, 1.54) is 0 Å². The second-order valence-corrected chi connectivity index (χ2v) is 5.99. The van der Waals surface area contributed by atoms with Gasteiger partial charge in [-0.15, -0.1) is 0 Å². The molecule has 0 saturated heterocycles. The highest BCUT2D eigenvalue weighted by Crippen LogP contribution is 2.18. The lowest BCUT2D eigenvalue weighted by atomic mass is 10.2. The molecule has 6 nitrogen and oxygen atoms in total. The van der Waals surface area contributed by atoms with Crippen LogP contribution in [0.5, 0.6) is 0 Å².